The van der Waals surface area contributed by atoms with Gasteiger partial charge in [-0.15, -0.1) is 0 Å². The minimum absolute atomic E-state index is 0.0147. The number of hydrogen-bond acceptors (Lipinski definition) is 4. The average molecular weight is 382 g/mol. The van der Waals surface area contributed by atoms with Gasteiger partial charge >= 0.3 is 0 Å². The summed E-state index contributed by atoms with van der Waals surface area (Å²) in [6, 6.07) is 8.08. The van der Waals surface area contributed by atoms with Gasteiger partial charge in [-0.3, -0.25) is 4.99 Å². The fourth-order valence-electron chi connectivity index (χ4n) is 3.02. The largest absolute Gasteiger partial charge is 0.490 e. The molecule has 6 nitrogen and oxygen atoms in total. The first-order valence-electron chi connectivity index (χ1n) is 9.27. The Hall–Kier alpha value is -1.76. The fourth-order valence-corrected chi connectivity index (χ4v) is 3.80. The van der Waals surface area contributed by atoms with E-state index >= 15 is 0 Å². The monoisotopic (exact) mass is 381 g/mol. The van der Waals surface area contributed by atoms with Gasteiger partial charge in [0.2, 0.25) is 0 Å². The van der Waals surface area contributed by atoms with E-state index in [4.69, 9.17) is 4.74 Å². The summed E-state index contributed by atoms with van der Waals surface area (Å²) in [5.74, 6) is 1.74. The highest BCUT2D eigenvalue weighted by atomic mass is 32.2. The van der Waals surface area contributed by atoms with Crippen LogP contribution in [0.4, 0.5) is 0 Å². The molecule has 0 saturated heterocycles. The number of nitrogens with zero attached hydrogens (tertiary/aromatic N) is 1. The van der Waals surface area contributed by atoms with E-state index in [0.29, 0.717) is 25.0 Å². The third-order valence-corrected chi connectivity index (χ3v) is 5.52. The molecule has 1 unspecified atom stereocenters. The Bertz CT molecular complexity index is 698. The minimum atomic E-state index is -2.95. The third kappa shape index (κ3) is 7.23. The van der Waals surface area contributed by atoms with E-state index in [1.54, 1.807) is 7.05 Å². The number of aliphatic imine (C=N–C) groups is 1. The third-order valence-electron chi connectivity index (χ3n) is 4.54. The van der Waals surface area contributed by atoms with E-state index in [0.717, 1.165) is 24.2 Å². The minimum Gasteiger partial charge on any atom is -0.490 e. The van der Waals surface area contributed by atoms with Gasteiger partial charge in [-0.05, 0) is 45.1 Å². The highest BCUT2D eigenvalue weighted by Crippen LogP contribution is 2.26. The van der Waals surface area contributed by atoms with Crippen LogP contribution < -0.4 is 15.4 Å². The maximum absolute atomic E-state index is 11.3. The molecular formula is C19H31N3O3S. The van der Waals surface area contributed by atoms with Crippen molar-refractivity contribution in [2.24, 2.45) is 4.99 Å². The molecule has 1 saturated carbocycles. The van der Waals surface area contributed by atoms with E-state index in [1.807, 2.05) is 25.1 Å². The first-order chi connectivity index (χ1) is 12.4. The second-order valence-electron chi connectivity index (χ2n) is 7.02. The molecule has 1 atom stereocenters. The van der Waals surface area contributed by atoms with E-state index in [1.165, 1.54) is 19.1 Å². The Morgan fingerprint density at radius 2 is 2.00 bits per heavy atom. The number of benzene rings is 1. The van der Waals surface area contributed by atoms with Crippen LogP contribution in [0.15, 0.2) is 29.3 Å². The van der Waals surface area contributed by atoms with Crippen molar-refractivity contribution in [1.82, 2.24) is 10.6 Å². The van der Waals surface area contributed by atoms with Crippen LogP contribution in [0, 0.1) is 0 Å². The van der Waals surface area contributed by atoms with Crippen LogP contribution in [0.1, 0.15) is 44.6 Å². The maximum atomic E-state index is 11.3. The molecule has 2 rings (SSSR count). The van der Waals surface area contributed by atoms with Crippen molar-refractivity contribution < 1.29 is 13.2 Å². The summed E-state index contributed by atoms with van der Waals surface area (Å²) < 4.78 is 28.7. The lowest BCUT2D eigenvalue weighted by Crippen LogP contribution is -2.42. The second kappa shape index (κ2) is 9.80. The molecule has 7 heteroatoms. The zero-order valence-electron chi connectivity index (χ0n) is 16.0. The highest BCUT2D eigenvalue weighted by molar-refractivity contribution is 7.90. The highest BCUT2D eigenvalue weighted by Gasteiger charge is 2.18. The lowest BCUT2D eigenvalue weighted by atomic mass is 10.2. The van der Waals surface area contributed by atoms with Crippen molar-refractivity contribution in [3.63, 3.8) is 0 Å². The van der Waals surface area contributed by atoms with Gasteiger partial charge in [-0.1, -0.05) is 18.2 Å². The molecule has 0 bridgehead atoms. The number of sulfone groups is 1. The van der Waals surface area contributed by atoms with Gasteiger partial charge in [-0.2, -0.15) is 0 Å². The van der Waals surface area contributed by atoms with Crippen LogP contribution >= 0.6 is 0 Å². The molecule has 1 fully saturated rings. The summed E-state index contributed by atoms with van der Waals surface area (Å²) in [4.78, 5) is 4.22. The van der Waals surface area contributed by atoms with Crippen molar-refractivity contribution in [1.29, 1.82) is 0 Å². The zero-order valence-corrected chi connectivity index (χ0v) is 16.8. The summed E-state index contributed by atoms with van der Waals surface area (Å²) in [7, 11) is -1.24. The van der Waals surface area contributed by atoms with E-state index < -0.39 is 9.84 Å². The average Bonchev–Trinajstić information content (AvgIpc) is 3.10. The number of guanidine groups is 1. The normalized spacial score (nSPS) is 17.1. The predicted molar refractivity (Wildman–Crippen MR) is 106 cm³/mol. The topological polar surface area (TPSA) is 79.8 Å². The molecule has 0 heterocycles. The van der Waals surface area contributed by atoms with Crippen molar-refractivity contribution in [3.8, 4) is 5.75 Å². The van der Waals surface area contributed by atoms with Crippen LogP contribution in [-0.2, 0) is 16.4 Å². The lowest BCUT2D eigenvalue weighted by molar-refractivity contribution is 0.208. The summed E-state index contributed by atoms with van der Waals surface area (Å²) >= 11 is 0. The van der Waals surface area contributed by atoms with Gasteiger partial charge in [0.1, 0.15) is 15.6 Å². The predicted octanol–water partition coefficient (Wildman–Crippen LogP) is 2.50. The molecule has 2 N–H and O–H groups in total. The van der Waals surface area contributed by atoms with E-state index in [2.05, 4.69) is 21.7 Å². The SMILES string of the molecule is CN=C(NCc1ccccc1OC1CCCC1)NC(C)CCS(C)(=O)=O. The van der Waals surface area contributed by atoms with Gasteiger partial charge in [0.25, 0.3) is 0 Å². The Morgan fingerprint density at radius 1 is 1.31 bits per heavy atom. The summed E-state index contributed by atoms with van der Waals surface area (Å²) in [5, 5.41) is 6.52. The van der Waals surface area contributed by atoms with Crippen molar-refractivity contribution in [2.45, 2.75) is 57.7 Å². The Kier molecular flexibility index (Phi) is 7.75. The van der Waals surface area contributed by atoms with Gasteiger partial charge in [0.15, 0.2) is 5.96 Å². The van der Waals surface area contributed by atoms with Crippen LogP contribution in [0.3, 0.4) is 0 Å². The molecule has 146 valence electrons. The van der Waals surface area contributed by atoms with Crippen LogP contribution in [0.25, 0.3) is 0 Å². The molecular weight excluding hydrogens is 350 g/mol. The molecule has 0 aliphatic heterocycles. The van der Waals surface area contributed by atoms with Gasteiger partial charge in [-0.25, -0.2) is 8.42 Å². The maximum Gasteiger partial charge on any atom is 0.191 e. The van der Waals surface area contributed by atoms with Crippen LogP contribution in [-0.4, -0.2) is 45.6 Å². The first-order valence-corrected chi connectivity index (χ1v) is 11.3. The smallest absolute Gasteiger partial charge is 0.191 e. The molecule has 0 spiro atoms. The van der Waals surface area contributed by atoms with Gasteiger partial charge in [0, 0.05) is 31.5 Å². The molecule has 26 heavy (non-hydrogen) atoms. The van der Waals surface area contributed by atoms with Crippen LogP contribution in [0.5, 0.6) is 5.75 Å². The molecule has 1 aromatic carbocycles. The molecule has 0 amide bonds. The molecule has 1 aromatic rings. The van der Waals surface area contributed by atoms with E-state index in [9.17, 15) is 8.42 Å². The van der Waals surface area contributed by atoms with Crippen molar-refractivity contribution >= 4 is 15.8 Å². The number of hydrogen-bond donors (Lipinski definition) is 2. The molecule has 0 radical (unpaired) electrons. The number of para-hydroxylation sites is 1. The Morgan fingerprint density at radius 3 is 2.65 bits per heavy atom. The van der Waals surface area contributed by atoms with Gasteiger partial charge < -0.3 is 15.4 Å². The van der Waals surface area contributed by atoms with E-state index in [-0.39, 0.29) is 11.8 Å². The summed E-state index contributed by atoms with van der Waals surface area (Å²) in [6.45, 7) is 2.55. The fraction of sp³-hybridized carbons (Fsp3) is 0.632. The van der Waals surface area contributed by atoms with Crippen LogP contribution in [0.2, 0.25) is 0 Å². The lowest BCUT2D eigenvalue weighted by Gasteiger charge is -2.20. The summed E-state index contributed by atoms with van der Waals surface area (Å²) in [6.07, 6.45) is 6.87. The Labute approximate surface area is 157 Å². The molecule has 0 aromatic heterocycles. The summed E-state index contributed by atoms with van der Waals surface area (Å²) in [5.41, 5.74) is 1.09. The first kappa shape index (κ1) is 20.6. The second-order valence-corrected chi connectivity index (χ2v) is 9.28. The number of rotatable bonds is 8. The standard InChI is InChI=1S/C19H31N3O3S/c1-15(12-13-26(3,23)24)22-19(20-2)21-14-16-8-4-7-11-18(16)25-17-9-5-6-10-17/h4,7-8,11,15,17H,5-6,9-10,12-14H2,1-3H3,(H2,20,21,22). The number of ether oxygens (including phenoxy) is 1. The molecule has 1 aliphatic carbocycles. The van der Waals surface area contributed by atoms with Gasteiger partial charge in [0.05, 0.1) is 11.9 Å². The Balaban J connectivity index is 1.87. The zero-order chi connectivity index (χ0) is 19.0. The molecule has 1 aliphatic rings. The quantitative estimate of drug-likeness (QED) is 0.534. The van der Waals surface area contributed by atoms with Crippen molar-refractivity contribution in [2.75, 3.05) is 19.1 Å². The number of nitrogens with one attached hydrogen (secondary N) is 2. The van der Waals surface area contributed by atoms with Crippen molar-refractivity contribution in [3.05, 3.63) is 29.8 Å².